The zero-order chi connectivity index (χ0) is 17.1. The second-order valence-electron chi connectivity index (χ2n) is 6.83. The normalized spacial score (nSPS) is 17.8. The molecule has 1 unspecified atom stereocenters. The first-order chi connectivity index (χ1) is 11.6. The Labute approximate surface area is 142 Å². The van der Waals surface area contributed by atoms with E-state index < -0.39 is 0 Å². The Morgan fingerprint density at radius 3 is 2.92 bits per heavy atom. The maximum Gasteiger partial charge on any atom is 0.272 e. The van der Waals surface area contributed by atoms with Gasteiger partial charge in [0.25, 0.3) is 5.91 Å². The van der Waals surface area contributed by atoms with Crippen molar-refractivity contribution in [3.8, 4) is 0 Å². The van der Waals surface area contributed by atoms with E-state index in [0.29, 0.717) is 35.9 Å². The molecule has 3 rings (SSSR count). The molecule has 1 atom stereocenters. The number of aryl methyl sites for hydroxylation is 1. The van der Waals surface area contributed by atoms with Gasteiger partial charge in [-0.15, -0.1) is 10.2 Å². The molecule has 1 aliphatic rings. The van der Waals surface area contributed by atoms with Crippen molar-refractivity contribution in [2.24, 2.45) is 11.8 Å². The lowest BCUT2D eigenvalue weighted by atomic mass is 10.1. The van der Waals surface area contributed by atoms with E-state index in [0.717, 1.165) is 32.4 Å². The van der Waals surface area contributed by atoms with E-state index in [1.807, 2.05) is 11.8 Å². The van der Waals surface area contributed by atoms with Crippen molar-refractivity contribution in [2.75, 3.05) is 13.1 Å². The molecular weight excluding hydrogens is 306 g/mol. The van der Waals surface area contributed by atoms with Gasteiger partial charge in [0.05, 0.1) is 0 Å². The van der Waals surface area contributed by atoms with Crippen molar-refractivity contribution in [1.29, 1.82) is 0 Å². The fourth-order valence-electron chi connectivity index (χ4n) is 3.16. The Kier molecular flexibility index (Phi) is 4.97. The van der Waals surface area contributed by atoms with Crippen LogP contribution in [0.3, 0.4) is 0 Å². The van der Waals surface area contributed by atoms with Gasteiger partial charge in [-0.25, -0.2) is 0 Å². The van der Waals surface area contributed by atoms with E-state index >= 15 is 0 Å². The van der Waals surface area contributed by atoms with Crippen LogP contribution in [0.25, 0.3) is 0 Å². The Morgan fingerprint density at radius 2 is 2.17 bits per heavy atom. The largest absolute Gasteiger partial charge is 0.425 e. The topological polar surface area (TPSA) is 77.1 Å². The summed E-state index contributed by atoms with van der Waals surface area (Å²) < 4.78 is 7.46. The van der Waals surface area contributed by atoms with Crippen LogP contribution in [-0.4, -0.2) is 43.9 Å². The molecule has 1 fully saturated rings. The van der Waals surface area contributed by atoms with Crippen LogP contribution in [0.1, 0.15) is 49.5 Å². The van der Waals surface area contributed by atoms with Gasteiger partial charge < -0.3 is 9.32 Å². The number of hydrogen-bond donors (Lipinski definition) is 0. The second-order valence-corrected chi connectivity index (χ2v) is 6.83. The van der Waals surface area contributed by atoms with E-state index in [1.54, 1.807) is 16.9 Å². The highest BCUT2D eigenvalue weighted by molar-refractivity contribution is 5.92. The first kappa shape index (κ1) is 16.7. The summed E-state index contributed by atoms with van der Waals surface area (Å²) >= 11 is 0. The zero-order valence-corrected chi connectivity index (χ0v) is 14.6. The summed E-state index contributed by atoms with van der Waals surface area (Å²) in [6.45, 7) is 8.45. The number of carbonyl (C=O) groups is 1. The van der Waals surface area contributed by atoms with Crippen LogP contribution in [0.15, 0.2) is 16.7 Å². The van der Waals surface area contributed by atoms with Gasteiger partial charge in [0.1, 0.15) is 5.69 Å². The fraction of sp³-hybridized carbons (Fsp3) is 0.647. The lowest BCUT2D eigenvalue weighted by Crippen LogP contribution is -2.30. The van der Waals surface area contributed by atoms with E-state index in [1.165, 1.54) is 0 Å². The Hall–Kier alpha value is -2.18. The first-order valence-corrected chi connectivity index (χ1v) is 8.69. The molecule has 2 aromatic heterocycles. The summed E-state index contributed by atoms with van der Waals surface area (Å²) in [6, 6.07) is 1.79. The van der Waals surface area contributed by atoms with Crippen molar-refractivity contribution in [3.05, 3.63) is 29.7 Å². The molecule has 1 saturated heterocycles. The lowest BCUT2D eigenvalue weighted by Gasteiger charge is -2.16. The highest BCUT2D eigenvalue weighted by Gasteiger charge is 2.29. The second kappa shape index (κ2) is 7.15. The summed E-state index contributed by atoms with van der Waals surface area (Å²) in [6.07, 6.45) is 4.19. The fourth-order valence-corrected chi connectivity index (χ4v) is 3.16. The van der Waals surface area contributed by atoms with Gasteiger partial charge in [0.15, 0.2) is 0 Å². The molecule has 0 aromatic carbocycles. The summed E-state index contributed by atoms with van der Waals surface area (Å²) in [4.78, 5) is 14.5. The Morgan fingerprint density at radius 1 is 1.38 bits per heavy atom. The molecule has 1 amide bonds. The van der Waals surface area contributed by atoms with Gasteiger partial charge >= 0.3 is 0 Å². The monoisotopic (exact) mass is 331 g/mol. The molecule has 1 aliphatic heterocycles. The van der Waals surface area contributed by atoms with E-state index in [9.17, 15) is 4.79 Å². The molecule has 0 saturated carbocycles. The number of likely N-dealkylation sites (tertiary alicyclic amines) is 1. The minimum Gasteiger partial charge on any atom is -0.425 e. The highest BCUT2D eigenvalue weighted by Crippen LogP contribution is 2.22. The van der Waals surface area contributed by atoms with E-state index in [2.05, 4.69) is 29.1 Å². The minimum atomic E-state index is 0.0582. The van der Waals surface area contributed by atoms with E-state index in [4.69, 9.17) is 4.42 Å². The van der Waals surface area contributed by atoms with Crippen LogP contribution in [0.5, 0.6) is 0 Å². The molecule has 7 nitrogen and oxygen atoms in total. The summed E-state index contributed by atoms with van der Waals surface area (Å²) in [5.41, 5.74) is 0.662. The first-order valence-electron chi connectivity index (χ1n) is 8.69. The summed E-state index contributed by atoms with van der Waals surface area (Å²) in [5.74, 6) is 2.32. The SMILES string of the molecule is CCn1nccc1C(=O)N1CCC(Cc2nnc(CC(C)C)o2)C1. The minimum absolute atomic E-state index is 0.0582. The van der Waals surface area contributed by atoms with Crippen LogP contribution in [-0.2, 0) is 19.4 Å². The Balaban J connectivity index is 1.57. The third kappa shape index (κ3) is 3.66. The standard InChI is InChI=1S/C17H25N5O2/c1-4-22-14(5-7-18-22)17(23)21-8-6-13(11-21)10-16-20-19-15(24-16)9-12(2)3/h5,7,12-13H,4,6,8-11H2,1-3H3. The number of nitrogens with zero attached hydrogens (tertiary/aromatic N) is 5. The molecule has 0 N–H and O–H groups in total. The number of amides is 1. The van der Waals surface area contributed by atoms with E-state index in [-0.39, 0.29) is 5.91 Å². The van der Waals surface area contributed by atoms with Crippen LogP contribution in [0.4, 0.5) is 0 Å². The number of aromatic nitrogens is 4. The molecule has 130 valence electrons. The molecule has 0 aliphatic carbocycles. The van der Waals surface area contributed by atoms with Crippen molar-refractivity contribution >= 4 is 5.91 Å². The molecule has 0 radical (unpaired) electrons. The van der Waals surface area contributed by atoms with Gasteiger partial charge in [-0.3, -0.25) is 9.48 Å². The van der Waals surface area contributed by atoms with Gasteiger partial charge in [-0.05, 0) is 31.2 Å². The predicted octanol–water partition coefficient (Wildman–Crippen LogP) is 2.19. The average molecular weight is 331 g/mol. The molecule has 2 aromatic rings. The van der Waals surface area contributed by atoms with Crippen molar-refractivity contribution in [2.45, 2.75) is 46.6 Å². The summed E-state index contributed by atoms with van der Waals surface area (Å²) in [7, 11) is 0. The molecular formula is C17H25N5O2. The molecule has 3 heterocycles. The van der Waals surface area contributed by atoms with Gasteiger partial charge in [-0.1, -0.05) is 13.8 Å². The summed E-state index contributed by atoms with van der Waals surface area (Å²) in [5, 5.41) is 12.4. The number of carbonyl (C=O) groups excluding carboxylic acids is 1. The lowest BCUT2D eigenvalue weighted by molar-refractivity contribution is 0.0774. The van der Waals surface area contributed by atoms with Crippen molar-refractivity contribution in [3.63, 3.8) is 0 Å². The number of hydrogen-bond acceptors (Lipinski definition) is 5. The third-order valence-electron chi connectivity index (χ3n) is 4.36. The highest BCUT2D eigenvalue weighted by atomic mass is 16.4. The Bertz CT molecular complexity index is 691. The van der Waals surface area contributed by atoms with Crippen molar-refractivity contribution in [1.82, 2.24) is 24.9 Å². The van der Waals surface area contributed by atoms with Gasteiger partial charge in [0, 0.05) is 38.7 Å². The maximum atomic E-state index is 12.6. The third-order valence-corrected chi connectivity index (χ3v) is 4.36. The molecule has 7 heteroatoms. The number of rotatable bonds is 6. The smallest absolute Gasteiger partial charge is 0.272 e. The van der Waals surface area contributed by atoms with Gasteiger partial charge in [-0.2, -0.15) is 5.10 Å². The zero-order valence-electron chi connectivity index (χ0n) is 14.6. The van der Waals surface area contributed by atoms with Crippen LogP contribution in [0, 0.1) is 11.8 Å². The molecule has 0 spiro atoms. The maximum absolute atomic E-state index is 12.6. The predicted molar refractivity (Wildman–Crippen MR) is 88.5 cm³/mol. The van der Waals surface area contributed by atoms with Crippen LogP contribution >= 0.6 is 0 Å². The molecule has 0 bridgehead atoms. The molecule has 24 heavy (non-hydrogen) atoms. The average Bonchev–Trinajstić information content (AvgIpc) is 3.27. The van der Waals surface area contributed by atoms with Crippen LogP contribution < -0.4 is 0 Å². The van der Waals surface area contributed by atoms with Crippen LogP contribution in [0.2, 0.25) is 0 Å². The van der Waals surface area contributed by atoms with Crippen molar-refractivity contribution < 1.29 is 9.21 Å². The van der Waals surface area contributed by atoms with Gasteiger partial charge in [0.2, 0.25) is 11.8 Å². The quantitative estimate of drug-likeness (QED) is 0.811.